The number of aromatic nitrogens is 2. The number of aryl methyl sites for hydroxylation is 2. The van der Waals surface area contributed by atoms with Gasteiger partial charge in [0.15, 0.2) is 0 Å². The monoisotopic (exact) mass is 802 g/mol. The second-order valence-corrected chi connectivity index (χ2v) is 18.0. The van der Waals surface area contributed by atoms with Crippen molar-refractivity contribution in [3.05, 3.63) is 194 Å². The lowest BCUT2D eigenvalue weighted by molar-refractivity contribution is 0.978. The van der Waals surface area contributed by atoms with Crippen LogP contribution in [0.15, 0.2) is 194 Å². The number of hydrogen-bond donors (Lipinski definition) is 0. The molecule has 4 heteroatoms. The van der Waals surface area contributed by atoms with E-state index in [1.807, 2.05) is 22.7 Å². The van der Waals surface area contributed by atoms with Crippen LogP contribution in [0.1, 0.15) is 0 Å². The lowest BCUT2D eigenvalue weighted by Gasteiger charge is -2.07. The smallest absolute Gasteiger partial charge is 0.0542 e. The highest BCUT2D eigenvalue weighted by Crippen LogP contribution is 2.46. The molecular formula is C56H38N2S2. The molecule has 12 aromatic rings. The van der Waals surface area contributed by atoms with Crippen LogP contribution in [0.4, 0.5) is 0 Å². The highest BCUT2D eigenvalue weighted by Gasteiger charge is 2.16. The number of fused-ring (bicyclic) bond motifs is 7. The first kappa shape index (κ1) is 35.0. The van der Waals surface area contributed by atoms with Crippen LogP contribution < -0.4 is 0 Å². The standard InChI is InChI=1S/C56H38N2S2/c1-57-49-27-23-41(35-9-5-3-6-10-35)29-45(49)31-51(57)39-17-13-37(14-18-39)43-21-25-47-53(33-43)59-56-48-26-22-44(34-54(48)60-55(47)56)38-15-19-40(20-16-38)52-32-46-30-42(24-28-50(46)58(52)2)36-11-7-4-8-12-36/h3-34H,1-2H3. The largest absolute Gasteiger partial charge is 0.344 e. The predicted molar refractivity (Wildman–Crippen MR) is 260 cm³/mol. The molecule has 0 bridgehead atoms. The maximum atomic E-state index is 2.38. The SMILES string of the molecule is Cn1c(-c2ccc(-c3ccc4c(c3)sc3c5ccc(-c6ccc(-c7cc8cc(-c9ccccc9)ccc8n7C)cc6)cc5sc43)cc2)cc2cc(-c3ccccc3)ccc21. The Morgan fingerprint density at radius 1 is 0.300 bits per heavy atom. The summed E-state index contributed by atoms with van der Waals surface area (Å²) in [5.41, 5.74) is 17.3. The quantitative estimate of drug-likeness (QED) is 0.158. The van der Waals surface area contributed by atoms with Gasteiger partial charge in [0.25, 0.3) is 0 Å². The van der Waals surface area contributed by atoms with Crippen LogP contribution >= 0.6 is 22.7 Å². The summed E-state index contributed by atoms with van der Waals surface area (Å²) in [5.74, 6) is 0. The summed E-state index contributed by atoms with van der Waals surface area (Å²) >= 11 is 3.84. The van der Waals surface area contributed by atoms with Gasteiger partial charge in [0.1, 0.15) is 0 Å². The van der Waals surface area contributed by atoms with Crippen molar-refractivity contribution >= 4 is 74.1 Å². The molecule has 0 N–H and O–H groups in total. The van der Waals surface area contributed by atoms with Gasteiger partial charge in [-0.15, -0.1) is 22.7 Å². The van der Waals surface area contributed by atoms with Crippen molar-refractivity contribution in [1.82, 2.24) is 9.13 Å². The molecular weight excluding hydrogens is 765 g/mol. The second-order valence-electron chi connectivity index (χ2n) is 15.9. The van der Waals surface area contributed by atoms with Gasteiger partial charge in [-0.3, -0.25) is 0 Å². The molecule has 12 rings (SSSR count). The third kappa shape index (κ3) is 5.75. The van der Waals surface area contributed by atoms with Crippen LogP contribution in [0.3, 0.4) is 0 Å². The molecule has 0 atom stereocenters. The lowest BCUT2D eigenvalue weighted by atomic mass is 10.0. The number of thiophene rings is 2. The molecule has 4 aromatic heterocycles. The minimum absolute atomic E-state index is 1.22. The molecule has 0 aliphatic carbocycles. The molecule has 0 saturated heterocycles. The average Bonchev–Trinajstić information content (AvgIpc) is 4.05. The number of nitrogens with zero attached hydrogens (tertiary/aromatic N) is 2. The summed E-state index contributed by atoms with van der Waals surface area (Å²) in [7, 11) is 4.33. The molecule has 60 heavy (non-hydrogen) atoms. The Labute approximate surface area is 356 Å². The van der Waals surface area contributed by atoms with E-state index in [4.69, 9.17) is 0 Å². The Kier molecular flexibility index (Phi) is 8.06. The van der Waals surface area contributed by atoms with E-state index >= 15 is 0 Å². The molecule has 0 aliphatic heterocycles. The number of benzene rings is 8. The van der Waals surface area contributed by atoms with Crippen LogP contribution in [0.25, 0.3) is 118 Å². The molecule has 0 saturated carbocycles. The maximum absolute atomic E-state index is 2.38. The van der Waals surface area contributed by atoms with Crippen molar-refractivity contribution in [3.63, 3.8) is 0 Å². The van der Waals surface area contributed by atoms with Gasteiger partial charge in [0.05, 0.1) is 9.40 Å². The Hall–Kier alpha value is -6.98. The summed E-state index contributed by atoms with van der Waals surface area (Å²) in [4.78, 5) is 0. The first-order valence-electron chi connectivity index (χ1n) is 20.4. The van der Waals surface area contributed by atoms with Crippen molar-refractivity contribution < 1.29 is 0 Å². The van der Waals surface area contributed by atoms with Gasteiger partial charge in [-0.2, -0.15) is 0 Å². The van der Waals surface area contributed by atoms with Crippen LogP contribution in [-0.4, -0.2) is 9.13 Å². The van der Waals surface area contributed by atoms with E-state index in [1.165, 1.54) is 118 Å². The van der Waals surface area contributed by atoms with Crippen LogP contribution in [0.5, 0.6) is 0 Å². The molecule has 2 nitrogen and oxygen atoms in total. The van der Waals surface area contributed by atoms with E-state index in [-0.39, 0.29) is 0 Å². The summed E-state index contributed by atoms with van der Waals surface area (Å²) < 4.78 is 10.1. The fourth-order valence-corrected chi connectivity index (χ4v) is 11.9. The van der Waals surface area contributed by atoms with Gasteiger partial charge in [-0.25, -0.2) is 0 Å². The van der Waals surface area contributed by atoms with E-state index in [0.717, 1.165) is 0 Å². The van der Waals surface area contributed by atoms with Crippen molar-refractivity contribution in [2.45, 2.75) is 0 Å². The van der Waals surface area contributed by atoms with E-state index in [0.29, 0.717) is 0 Å². The Morgan fingerprint density at radius 2 is 0.633 bits per heavy atom. The van der Waals surface area contributed by atoms with Crippen LogP contribution in [0, 0.1) is 0 Å². The normalized spacial score (nSPS) is 11.8. The van der Waals surface area contributed by atoms with Gasteiger partial charge in [-0.05, 0) is 104 Å². The van der Waals surface area contributed by atoms with Gasteiger partial charge >= 0.3 is 0 Å². The molecule has 4 heterocycles. The average molecular weight is 803 g/mol. The molecule has 0 fully saturated rings. The maximum Gasteiger partial charge on any atom is 0.0542 e. The third-order valence-electron chi connectivity index (χ3n) is 12.4. The summed E-state index contributed by atoms with van der Waals surface area (Å²) in [6, 6.07) is 71.6. The van der Waals surface area contributed by atoms with E-state index in [9.17, 15) is 0 Å². The third-order valence-corrected chi connectivity index (χ3v) is 14.9. The van der Waals surface area contributed by atoms with E-state index in [1.54, 1.807) is 0 Å². The first-order chi connectivity index (χ1) is 29.5. The van der Waals surface area contributed by atoms with Crippen molar-refractivity contribution in [2.24, 2.45) is 14.1 Å². The summed E-state index contributed by atoms with van der Waals surface area (Å²) in [5, 5.41) is 5.21. The fourth-order valence-electron chi connectivity index (χ4n) is 9.16. The zero-order valence-corrected chi connectivity index (χ0v) is 34.8. The van der Waals surface area contributed by atoms with E-state index in [2.05, 4.69) is 217 Å². The Bertz CT molecular complexity index is 3340. The highest BCUT2D eigenvalue weighted by atomic mass is 32.1. The van der Waals surface area contributed by atoms with Gasteiger partial charge < -0.3 is 9.13 Å². The zero-order chi connectivity index (χ0) is 39.9. The summed E-state index contributed by atoms with van der Waals surface area (Å²) in [6.07, 6.45) is 0. The van der Waals surface area contributed by atoms with Gasteiger partial charge in [0, 0.05) is 67.5 Å². The molecule has 0 spiro atoms. The highest BCUT2D eigenvalue weighted by molar-refractivity contribution is 7.36. The molecule has 0 radical (unpaired) electrons. The molecule has 0 unspecified atom stereocenters. The first-order valence-corrected chi connectivity index (χ1v) is 22.1. The molecule has 284 valence electrons. The fraction of sp³-hybridized carbons (Fsp3) is 0.0357. The van der Waals surface area contributed by atoms with Crippen molar-refractivity contribution in [1.29, 1.82) is 0 Å². The lowest BCUT2D eigenvalue weighted by Crippen LogP contribution is -1.91. The van der Waals surface area contributed by atoms with Crippen LogP contribution in [-0.2, 0) is 14.1 Å². The zero-order valence-electron chi connectivity index (χ0n) is 33.2. The molecule has 8 aromatic carbocycles. The Morgan fingerprint density at radius 3 is 1.05 bits per heavy atom. The van der Waals surface area contributed by atoms with Gasteiger partial charge in [0.2, 0.25) is 0 Å². The second kappa shape index (κ2) is 13.8. The van der Waals surface area contributed by atoms with E-state index < -0.39 is 0 Å². The van der Waals surface area contributed by atoms with Crippen molar-refractivity contribution in [2.75, 3.05) is 0 Å². The molecule has 0 amide bonds. The topological polar surface area (TPSA) is 9.86 Å². The minimum atomic E-state index is 1.22. The Balaban J connectivity index is 0.804. The number of rotatable bonds is 6. The minimum Gasteiger partial charge on any atom is -0.344 e. The number of hydrogen-bond acceptors (Lipinski definition) is 2. The van der Waals surface area contributed by atoms with Gasteiger partial charge in [-0.1, -0.05) is 146 Å². The van der Waals surface area contributed by atoms with Crippen LogP contribution in [0.2, 0.25) is 0 Å². The predicted octanol–water partition coefficient (Wildman–Crippen LogP) is 16.3. The molecule has 0 aliphatic rings. The van der Waals surface area contributed by atoms with Crippen molar-refractivity contribution in [3.8, 4) is 67.0 Å². The summed E-state index contributed by atoms with van der Waals surface area (Å²) in [6.45, 7) is 0.